The van der Waals surface area contributed by atoms with Gasteiger partial charge in [0.1, 0.15) is 11.5 Å². The molecule has 8 heteroatoms. The quantitative estimate of drug-likeness (QED) is 0.869. The van der Waals surface area contributed by atoms with E-state index in [-0.39, 0.29) is 24.8 Å². The number of primary amides is 1. The van der Waals surface area contributed by atoms with Crippen molar-refractivity contribution < 1.29 is 4.79 Å². The van der Waals surface area contributed by atoms with Crippen molar-refractivity contribution in [3.05, 3.63) is 41.6 Å². The first-order chi connectivity index (χ1) is 9.47. The lowest BCUT2D eigenvalue weighted by atomic mass is 10.2. The second-order valence-electron chi connectivity index (χ2n) is 4.82. The predicted molar refractivity (Wildman–Crippen MR) is 94.3 cm³/mol. The van der Waals surface area contributed by atoms with Crippen molar-refractivity contribution in [1.82, 2.24) is 9.78 Å². The third-order valence-electron chi connectivity index (χ3n) is 3.06. The van der Waals surface area contributed by atoms with Gasteiger partial charge in [-0.05, 0) is 17.7 Å². The summed E-state index contributed by atoms with van der Waals surface area (Å²) in [7, 11) is 5.70. The summed E-state index contributed by atoms with van der Waals surface area (Å²) in [6.07, 6.45) is 0. The number of aromatic nitrogens is 2. The fourth-order valence-electron chi connectivity index (χ4n) is 1.89. The second kappa shape index (κ2) is 8.51. The Balaban J connectivity index is 0.00000220. The summed E-state index contributed by atoms with van der Waals surface area (Å²) in [4.78, 5) is 13.2. The molecule has 0 fully saturated rings. The highest BCUT2D eigenvalue weighted by atomic mass is 35.5. The van der Waals surface area contributed by atoms with Crippen LogP contribution in [-0.4, -0.2) is 29.8 Å². The molecule has 0 unspecified atom stereocenters. The van der Waals surface area contributed by atoms with E-state index in [1.54, 1.807) is 13.1 Å². The molecular formula is C14H21Cl2N5O. The maximum absolute atomic E-state index is 11.1. The van der Waals surface area contributed by atoms with Gasteiger partial charge in [0.05, 0.1) is 0 Å². The van der Waals surface area contributed by atoms with Crippen LogP contribution in [0.5, 0.6) is 0 Å². The Labute approximate surface area is 142 Å². The molecule has 0 bridgehead atoms. The third-order valence-corrected chi connectivity index (χ3v) is 3.06. The highest BCUT2D eigenvalue weighted by Crippen LogP contribution is 2.14. The maximum atomic E-state index is 11.1. The second-order valence-corrected chi connectivity index (χ2v) is 4.82. The van der Waals surface area contributed by atoms with Gasteiger partial charge in [0, 0.05) is 39.4 Å². The summed E-state index contributed by atoms with van der Waals surface area (Å²) >= 11 is 0. The van der Waals surface area contributed by atoms with Gasteiger partial charge < -0.3 is 16.0 Å². The first-order valence-electron chi connectivity index (χ1n) is 6.31. The van der Waals surface area contributed by atoms with Crippen molar-refractivity contribution in [2.45, 2.75) is 6.54 Å². The topological polar surface area (TPSA) is 76.2 Å². The first-order valence-corrected chi connectivity index (χ1v) is 6.31. The number of rotatable bonds is 5. The van der Waals surface area contributed by atoms with Gasteiger partial charge in [0.15, 0.2) is 0 Å². The van der Waals surface area contributed by atoms with Gasteiger partial charge >= 0.3 is 0 Å². The van der Waals surface area contributed by atoms with Crippen LogP contribution in [0, 0.1) is 0 Å². The Hall–Kier alpha value is -1.92. The summed E-state index contributed by atoms with van der Waals surface area (Å²) in [5, 5.41) is 7.36. The number of halogens is 2. The average molecular weight is 346 g/mol. The number of carbonyl (C=O) groups is 1. The molecule has 1 heterocycles. The minimum atomic E-state index is -0.483. The average Bonchev–Trinajstić information content (AvgIpc) is 2.78. The molecule has 6 nitrogen and oxygen atoms in total. The van der Waals surface area contributed by atoms with Crippen LogP contribution >= 0.6 is 24.8 Å². The molecule has 0 atom stereocenters. The molecule has 0 radical (unpaired) electrons. The number of hydrogen-bond donors (Lipinski definition) is 2. The lowest BCUT2D eigenvalue weighted by Gasteiger charge is -2.12. The van der Waals surface area contributed by atoms with Gasteiger partial charge in [0.25, 0.3) is 5.91 Å². The van der Waals surface area contributed by atoms with E-state index in [2.05, 4.69) is 39.6 Å². The summed E-state index contributed by atoms with van der Waals surface area (Å²) in [5.41, 5.74) is 7.93. The molecule has 22 heavy (non-hydrogen) atoms. The van der Waals surface area contributed by atoms with Crippen LogP contribution in [0.4, 0.5) is 11.5 Å². The summed E-state index contributed by atoms with van der Waals surface area (Å²) < 4.78 is 1.47. The molecule has 122 valence electrons. The molecule has 0 aliphatic carbocycles. The molecule has 0 saturated carbocycles. The van der Waals surface area contributed by atoms with Crippen LogP contribution in [0.2, 0.25) is 0 Å². The van der Waals surface area contributed by atoms with Crippen LogP contribution < -0.4 is 16.0 Å². The summed E-state index contributed by atoms with van der Waals surface area (Å²) in [5.74, 6) is 0.154. The molecule has 3 N–H and O–H groups in total. The monoisotopic (exact) mass is 345 g/mol. The fraction of sp³-hybridized carbons (Fsp3) is 0.286. The molecule has 1 aromatic heterocycles. The largest absolute Gasteiger partial charge is 0.378 e. The van der Waals surface area contributed by atoms with E-state index >= 15 is 0 Å². The van der Waals surface area contributed by atoms with E-state index in [0.717, 1.165) is 11.3 Å². The SMILES string of the molecule is CN(C)c1ccc(CNc2cc(C(N)=O)n(C)n2)cc1.Cl.Cl. The molecule has 2 aromatic rings. The van der Waals surface area contributed by atoms with Crippen LogP contribution in [0.1, 0.15) is 16.1 Å². The predicted octanol–water partition coefficient (Wildman–Crippen LogP) is 2.04. The van der Waals surface area contributed by atoms with Crippen molar-refractivity contribution in [2.24, 2.45) is 12.8 Å². The van der Waals surface area contributed by atoms with E-state index in [9.17, 15) is 4.79 Å². The molecule has 1 amide bonds. The number of nitrogens with one attached hydrogen (secondary N) is 1. The number of amides is 1. The van der Waals surface area contributed by atoms with Crippen molar-refractivity contribution >= 4 is 42.2 Å². The van der Waals surface area contributed by atoms with Gasteiger partial charge in [-0.15, -0.1) is 24.8 Å². The first kappa shape index (κ1) is 20.1. The Bertz CT molecular complexity index is 610. The maximum Gasteiger partial charge on any atom is 0.267 e. The van der Waals surface area contributed by atoms with Crippen LogP contribution in [0.15, 0.2) is 30.3 Å². The minimum Gasteiger partial charge on any atom is -0.378 e. The zero-order valence-electron chi connectivity index (χ0n) is 12.7. The number of benzene rings is 1. The van der Waals surface area contributed by atoms with Crippen LogP contribution in [0.3, 0.4) is 0 Å². The Morgan fingerprint density at radius 1 is 1.27 bits per heavy atom. The zero-order chi connectivity index (χ0) is 14.7. The number of anilines is 2. The molecule has 0 spiro atoms. The van der Waals surface area contributed by atoms with Gasteiger partial charge in [-0.3, -0.25) is 9.48 Å². The van der Waals surface area contributed by atoms with Gasteiger partial charge in [-0.1, -0.05) is 12.1 Å². The molecule has 2 rings (SSSR count). The number of aryl methyl sites for hydroxylation is 1. The van der Waals surface area contributed by atoms with Gasteiger partial charge in [-0.2, -0.15) is 5.10 Å². The molecule has 0 saturated heterocycles. The fourth-order valence-corrected chi connectivity index (χ4v) is 1.89. The number of nitrogens with two attached hydrogens (primary N) is 1. The standard InChI is InChI=1S/C14H19N5O.2ClH/c1-18(2)11-6-4-10(5-7-11)9-16-13-8-12(14(15)20)19(3)17-13;;/h4-8H,9H2,1-3H3,(H2,15,20)(H,16,17);2*1H. The third kappa shape index (κ3) is 4.82. The van der Waals surface area contributed by atoms with Crippen molar-refractivity contribution in [1.29, 1.82) is 0 Å². The van der Waals surface area contributed by atoms with Crippen LogP contribution in [0.25, 0.3) is 0 Å². The van der Waals surface area contributed by atoms with Crippen molar-refractivity contribution in [3.63, 3.8) is 0 Å². The number of hydrogen-bond acceptors (Lipinski definition) is 4. The van der Waals surface area contributed by atoms with Crippen molar-refractivity contribution in [2.75, 3.05) is 24.3 Å². The Morgan fingerprint density at radius 3 is 2.32 bits per heavy atom. The van der Waals surface area contributed by atoms with E-state index in [4.69, 9.17) is 5.73 Å². The normalized spacial score (nSPS) is 9.41. The lowest BCUT2D eigenvalue weighted by molar-refractivity contribution is 0.0991. The van der Waals surface area contributed by atoms with E-state index in [1.807, 2.05) is 14.1 Å². The Morgan fingerprint density at radius 2 is 1.86 bits per heavy atom. The molecule has 1 aromatic carbocycles. The van der Waals surface area contributed by atoms with Gasteiger partial charge in [0.2, 0.25) is 0 Å². The molecule has 0 aliphatic rings. The van der Waals surface area contributed by atoms with E-state index in [1.165, 1.54) is 4.68 Å². The zero-order valence-corrected chi connectivity index (χ0v) is 14.4. The summed E-state index contributed by atoms with van der Waals surface area (Å²) in [6.45, 7) is 0.642. The molecular weight excluding hydrogens is 325 g/mol. The lowest BCUT2D eigenvalue weighted by Crippen LogP contribution is -2.15. The highest BCUT2D eigenvalue weighted by Gasteiger charge is 2.09. The van der Waals surface area contributed by atoms with Crippen molar-refractivity contribution in [3.8, 4) is 0 Å². The van der Waals surface area contributed by atoms with E-state index in [0.29, 0.717) is 18.1 Å². The van der Waals surface area contributed by atoms with Gasteiger partial charge in [-0.25, -0.2) is 0 Å². The van der Waals surface area contributed by atoms with Crippen LogP contribution in [-0.2, 0) is 13.6 Å². The Kier molecular flexibility index (Phi) is 7.76. The smallest absolute Gasteiger partial charge is 0.267 e. The summed E-state index contributed by atoms with van der Waals surface area (Å²) in [6, 6.07) is 9.88. The van der Waals surface area contributed by atoms with E-state index < -0.39 is 5.91 Å². The number of nitrogens with zero attached hydrogens (tertiary/aromatic N) is 3. The minimum absolute atomic E-state index is 0. The number of carbonyl (C=O) groups excluding carboxylic acids is 1. The highest BCUT2D eigenvalue weighted by molar-refractivity contribution is 5.91. The molecule has 0 aliphatic heterocycles.